The molecule has 0 aliphatic heterocycles. The van der Waals surface area contributed by atoms with Gasteiger partial charge in [0.15, 0.2) is 5.84 Å². The van der Waals surface area contributed by atoms with E-state index in [0.29, 0.717) is 0 Å². The molecule has 1 fully saturated rings. The summed E-state index contributed by atoms with van der Waals surface area (Å²) in [7, 11) is 0. The van der Waals surface area contributed by atoms with E-state index in [2.05, 4.69) is 23.5 Å². The Bertz CT molecular complexity index is 445. The van der Waals surface area contributed by atoms with Gasteiger partial charge in [-0.1, -0.05) is 43.1 Å². The first-order valence-electron chi connectivity index (χ1n) is 6.98. The fourth-order valence-corrected chi connectivity index (χ4v) is 2.83. The summed E-state index contributed by atoms with van der Waals surface area (Å²) in [6.07, 6.45) is 4.08. The molecule has 1 aliphatic carbocycles. The zero-order chi connectivity index (χ0) is 13.7. The number of amidine groups is 1. The predicted molar refractivity (Wildman–Crippen MR) is 77.2 cm³/mol. The van der Waals surface area contributed by atoms with Crippen LogP contribution in [0.1, 0.15) is 37.3 Å². The first-order valence-corrected chi connectivity index (χ1v) is 6.98. The Kier molecular flexibility index (Phi) is 4.80. The molecule has 0 aromatic heterocycles. The highest BCUT2D eigenvalue weighted by Gasteiger charge is 2.22. The fraction of sp³-hybridized carbons (Fsp3) is 0.533. The van der Waals surface area contributed by atoms with Crippen LogP contribution in [0.15, 0.2) is 29.4 Å². The van der Waals surface area contributed by atoms with E-state index in [-0.39, 0.29) is 5.84 Å². The molecule has 0 saturated heterocycles. The van der Waals surface area contributed by atoms with Crippen LogP contribution >= 0.6 is 0 Å². The average molecular weight is 261 g/mol. The molecule has 104 valence electrons. The molecule has 1 aromatic carbocycles. The van der Waals surface area contributed by atoms with Crippen LogP contribution in [0.4, 0.5) is 0 Å². The van der Waals surface area contributed by atoms with Gasteiger partial charge < -0.3 is 16.3 Å². The highest BCUT2D eigenvalue weighted by Crippen LogP contribution is 2.30. The van der Waals surface area contributed by atoms with Crippen LogP contribution in [0.5, 0.6) is 0 Å². The van der Waals surface area contributed by atoms with Crippen molar-refractivity contribution >= 4 is 5.84 Å². The second-order valence-electron chi connectivity index (χ2n) is 5.48. The molecule has 4 N–H and O–H groups in total. The van der Waals surface area contributed by atoms with Gasteiger partial charge in [0.1, 0.15) is 0 Å². The summed E-state index contributed by atoms with van der Waals surface area (Å²) in [4.78, 5) is 0. The molecule has 1 aliphatic rings. The van der Waals surface area contributed by atoms with Crippen LogP contribution in [0.2, 0.25) is 0 Å². The van der Waals surface area contributed by atoms with Crippen LogP contribution in [0, 0.1) is 11.8 Å². The van der Waals surface area contributed by atoms with Gasteiger partial charge in [0.2, 0.25) is 0 Å². The number of rotatable bonds is 5. The number of nitrogens with two attached hydrogens (primary N) is 1. The molecule has 0 heterocycles. The van der Waals surface area contributed by atoms with E-state index in [1.54, 1.807) is 0 Å². The van der Waals surface area contributed by atoms with Gasteiger partial charge in [-0.2, -0.15) is 0 Å². The molecule has 0 amide bonds. The number of nitrogens with one attached hydrogen (secondary N) is 1. The van der Waals surface area contributed by atoms with Crippen LogP contribution in [-0.4, -0.2) is 17.6 Å². The van der Waals surface area contributed by atoms with Crippen LogP contribution < -0.4 is 11.1 Å². The topological polar surface area (TPSA) is 70.6 Å². The molecule has 0 radical (unpaired) electrons. The van der Waals surface area contributed by atoms with Crippen molar-refractivity contribution in [3.8, 4) is 0 Å². The molecule has 4 heteroatoms. The van der Waals surface area contributed by atoms with Crippen LogP contribution in [0.25, 0.3) is 0 Å². The van der Waals surface area contributed by atoms with Gasteiger partial charge in [0.05, 0.1) is 0 Å². The molecular formula is C15H23N3O. The summed E-state index contributed by atoms with van der Waals surface area (Å²) in [5, 5.41) is 15.2. The number of hydrogen-bond acceptors (Lipinski definition) is 3. The Balaban J connectivity index is 1.86. The van der Waals surface area contributed by atoms with Gasteiger partial charge in [-0.25, -0.2) is 0 Å². The second-order valence-corrected chi connectivity index (χ2v) is 5.48. The normalized spacial score (nSPS) is 23.7. The summed E-state index contributed by atoms with van der Waals surface area (Å²) >= 11 is 0. The lowest BCUT2D eigenvalue weighted by atomic mass is 9.98. The first-order chi connectivity index (χ1) is 9.20. The van der Waals surface area contributed by atoms with Crippen molar-refractivity contribution in [1.82, 2.24) is 5.32 Å². The molecule has 0 spiro atoms. The zero-order valence-electron chi connectivity index (χ0n) is 11.5. The highest BCUT2D eigenvalue weighted by molar-refractivity contribution is 5.97. The fourth-order valence-electron chi connectivity index (χ4n) is 2.83. The summed E-state index contributed by atoms with van der Waals surface area (Å²) in [6, 6.07) is 7.79. The van der Waals surface area contributed by atoms with E-state index >= 15 is 0 Å². The Hall–Kier alpha value is -1.55. The van der Waals surface area contributed by atoms with E-state index in [0.717, 1.165) is 36.1 Å². The van der Waals surface area contributed by atoms with Crippen molar-refractivity contribution in [3.05, 3.63) is 35.4 Å². The largest absolute Gasteiger partial charge is 0.409 e. The molecule has 0 bridgehead atoms. The maximum absolute atomic E-state index is 8.68. The van der Waals surface area contributed by atoms with Gasteiger partial charge in [0, 0.05) is 12.1 Å². The monoisotopic (exact) mass is 261 g/mol. The van der Waals surface area contributed by atoms with Gasteiger partial charge in [-0.05, 0) is 36.4 Å². The van der Waals surface area contributed by atoms with Crippen molar-refractivity contribution in [2.45, 2.75) is 32.7 Å². The number of hydrogen-bond donors (Lipinski definition) is 3. The van der Waals surface area contributed by atoms with Crippen molar-refractivity contribution in [3.63, 3.8) is 0 Å². The average Bonchev–Trinajstić information content (AvgIpc) is 2.84. The van der Waals surface area contributed by atoms with Gasteiger partial charge in [-0.15, -0.1) is 0 Å². The molecule has 1 saturated carbocycles. The Morgan fingerprint density at radius 2 is 2.32 bits per heavy atom. The Labute approximate surface area is 114 Å². The van der Waals surface area contributed by atoms with Gasteiger partial charge >= 0.3 is 0 Å². The summed E-state index contributed by atoms with van der Waals surface area (Å²) in [5.74, 6) is 1.81. The third kappa shape index (κ3) is 3.70. The minimum atomic E-state index is 0.159. The van der Waals surface area contributed by atoms with E-state index in [1.165, 1.54) is 19.3 Å². The van der Waals surface area contributed by atoms with Gasteiger partial charge in [0.25, 0.3) is 0 Å². The van der Waals surface area contributed by atoms with E-state index in [1.807, 2.05) is 18.2 Å². The highest BCUT2D eigenvalue weighted by atomic mass is 16.4. The van der Waals surface area contributed by atoms with E-state index < -0.39 is 0 Å². The molecule has 4 nitrogen and oxygen atoms in total. The summed E-state index contributed by atoms with van der Waals surface area (Å²) < 4.78 is 0. The zero-order valence-corrected chi connectivity index (χ0v) is 11.5. The van der Waals surface area contributed by atoms with Gasteiger partial charge in [-0.3, -0.25) is 0 Å². The quantitative estimate of drug-likeness (QED) is 0.330. The summed E-state index contributed by atoms with van der Waals surface area (Å²) in [6.45, 7) is 4.25. The predicted octanol–water partition coefficient (Wildman–Crippen LogP) is 2.31. The van der Waals surface area contributed by atoms with Crippen molar-refractivity contribution in [2.24, 2.45) is 22.7 Å². The molecule has 2 atom stereocenters. The third-order valence-electron chi connectivity index (χ3n) is 4.11. The first kappa shape index (κ1) is 13.9. The van der Waals surface area contributed by atoms with Crippen molar-refractivity contribution in [1.29, 1.82) is 0 Å². The summed E-state index contributed by atoms with van der Waals surface area (Å²) in [5.41, 5.74) is 7.51. The maximum Gasteiger partial charge on any atom is 0.170 e. The minimum absolute atomic E-state index is 0.159. The Morgan fingerprint density at radius 3 is 3.00 bits per heavy atom. The van der Waals surface area contributed by atoms with E-state index in [9.17, 15) is 0 Å². The number of oxime groups is 1. The standard InChI is InChI=1S/C15H23N3O/c1-11-4-2-7-14(11)10-17-9-12-5-3-6-13(8-12)15(16)18-19/h3,5-6,8,11,14,17,19H,2,4,7,9-10H2,1H3,(H2,16,18). The lowest BCUT2D eigenvalue weighted by molar-refractivity contribution is 0.318. The lowest BCUT2D eigenvalue weighted by Gasteiger charge is -2.16. The second kappa shape index (κ2) is 6.57. The maximum atomic E-state index is 8.68. The molecule has 2 rings (SSSR count). The molecule has 19 heavy (non-hydrogen) atoms. The van der Waals surface area contributed by atoms with Crippen LogP contribution in [-0.2, 0) is 6.54 Å². The molecular weight excluding hydrogens is 238 g/mol. The lowest BCUT2D eigenvalue weighted by Crippen LogP contribution is -2.24. The third-order valence-corrected chi connectivity index (χ3v) is 4.11. The van der Waals surface area contributed by atoms with Crippen molar-refractivity contribution < 1.29 is 5.21 Å². The van der Waals surface area contributed by atoms with Crippen LogP contribution in [0.3, 0.4) is 0 Å². The van der Waals surface area contributed by atoms with Crippen molar-refractivity contribution in [2.75, 3.05) is 6.54 Å². The molecule has 2 unspecified atom stereocenters. The SMILES string of the molecule is CC1CCCC1CNCc1cccc(/C(N)=N/O)c1. The molecule has 1 aromatic rings. The smallest absolute Gasteiger partial charge is 0.170 e. The van der Waals surface area contributed by atoms with E-state index in [4.69, 9.17) is 10.9 Å². The number of nitrogens with zero attached hydrogens (tertiary/aromatic N) is 1. The number of benzene rings is 1. The Morgan fingerprint density at radius 1 is 1.47 bits per heavy atom. The minimum Gasteiger partial charge on any atom is -0.409 e.